The van der Waals surface area contributed by atoms with Gasteiger partial charge in [-0.25, -0.2) is 0 Å². The second-order valence-corrected chi connectivity index (χ2v) is 9.38. The second-order valence-electron chi connectivity index (χ2n) is 9.38. The number of hydrogen-bond donors (Lipinski definition) is 2. The topological polar surface area (TPSA) is 81.4 Å². The van der Waals surface area contributed by atoms with Gasteiger partial charge < -0.3 is 5.73 Å². The minimum atomic E-state index is -0.169. The molecular weight excluding hydrogens is 328 g/mol. The smallest absolute Gasteiger partial charge is 0.140 e. The van der Waals surface area contributed by atoms with Gasteiger partial charge >= 0.3 is 0 Å². The average molecular weight is 360 g/mol. The van der Waals surface area contributed by atoms with Gasteiger partial charge in [-0.2, -0.15) is 0 Å². The molecule has 4 aliphatic carbocycles. The van der Waals surface area contributed by atoms with Crippen molar-refractivity contribution in [2.75, 3.05) is 13.2 Å². The fraction of sp³-hybridized carbons (Fsp3) is 0.810. The lowest BCUT2D eigenvalue weighted by Gasteiger charge is -2.57. The molecule has 0 aliphatic heterocycles. The highest BCUT2D eigenvalue weighted by molar-refractivity contribution is 5.88. The van der Waals surface area contributed by atoms with Gasteiger partial charge in [0.1, 0.15) is 11.6 Å². The van der Waals surface area contributed by atoms with E-state index in [0.29, 0.717) is 55.3 Å². The number of nitrogens with one attached hydrogen (secondary N) is 1. The molecule has 5 heteroatoms. The van der Waals surface area contributed by atoms with Crippen LogP contribution in [-0.4, -0.2) is 24.7 Å². The van der Waals surface area contributed by atoms with Crippen LogP contribution in [0.2, 0.25) is 0 Å². The van der Waals surface area contributed by atoms with Crippen molar-refractivity contribution in [2.24, 2.45) is 40.2 Å². The van der Waals surface area contributed by atoms with E-state index in [1.807, 2.05) is 0 Å². The SMILES string of the molecule is C[C@]12CCC(NOCCN)=CC1C(=O)C[C@@H]1[C@@H]2CC[C@]2(C)C(=O)CC[C@@H]12. The van der Waals surface area contributed by atoms with Crippen LogP contribution >= 0.6 is 0 Å². The summed E-state index contributed by atoms with van der Waals surface area (Å²) in [6.45, 7) is 5.43. The average Bonchev–Trinajstić information content (AvgIpc) is 2.92. The van der Waals surface area contributed by atoms with Gasteiger partial charge in [0.2, 0.25) is 0 Å². The highest BCUT2D eigenvalue weighted by Crippen LogP contribution is 2.64. The number of rotatable bonds is 4. The Bertz CT molecular complexity index is 645. The number of hydrogen-bond acceptors (Lipinski definition) is 5. The van der Waals surface area contributed by atoms with E-state index in [9.17, 15) is 9.59 Å². The van der Waals surface area contributed by atoms with Gasteiger partial charge in [-0.3, -0.25) is 19.9 Å². The first-order chi connectivity index (χ1) is 12.4. The van der Waals surface area contributed by atoms with E-state index in [1.54, 1.807) is 0 Å². The Morgan fingerprint density at radius 3 is 2.77 bits per heavy atom. The predicted molar refractivity (Wildman–Crippen MR) is 98.7 cm³/mol. The zero-order valence-corrected chi connectivity index (χ0v) is 16.1. The first kappa shape index (κ1) is 18.2. The predicted octanol–water partition coefficient (Wildman–Crippen LogP) is 2.75. The van der Waals surface area contributed by atoms with Crippen LogP contribution in [0.4, 0.5) is 0 Å². The first-order valence-corrected chi connectivity index (χ1v) is 10.2. The lowest BCUT2D eigenvalue weighted by Crippen LogP contribution is -2.55. The van der Waals surface area contributed by atoms with Crippen LogP contribution < -0.4 is 11.2 Å². The molecular formula is C21H32N2O3. The molecule has 3 fully saturated rings. The van der Waals surface area contributed by atoms with Gasteiger partial charge in [0, 0.05) is 36.4 Å². The molecule has 144 valence electrons. The van der Waals surface area contributed by atoms with Gasteiger partial charge in [-0.15, -0.1) is 0 Å². The van der Waals surface area contributed by atoms with Gasteiger partial charge in [-0.1, -0.05) is 19.9 Å². The number of nitrogens with two attached hydrogens (primary N) is 1. The summed E-state index contributed by atoms with van der Waals surface area (Å²) in [5.41, 5.74) is 9.33. The summed E-state index contributed by atoms with van der Waals surface area (Å²) in [5, 5.41) is 0. The van der Waals surface area contributed by atoms with Gasteiger partial charge in [0.15, 0.2) is 0 Å². The molecule has 26 heavy (non-hydrogen) atoms. The molecule has 3 N–H and O–H groups in total. The van der Waals surface area contributed by atoms with E-state index in [2.05, 4.69) is 25.4 Å². The number of allylic oxidation sites excluding steroid dienone is 2. The van der Waals surface area contributed by atoms with E-state index in [4.69, 9.17) is 10.6 Å². The summed E-state index contributed by atoms with van der Waals surface area (Å²) in [6, 6.07) is 0. The number of carbonyl (C=O) groups excluding carboxylic acids is 2. The van der Waals surface area contributed by atoms with E-state index in [1.165, 1.54) is 0 Å². The van der Waals surface area contributed by atoms with Crippen LogP contribution in [0.15, 0.2) is 11.8 Å². The van der Waals surface area contributed by atoms with Crippen LogP contribution in [0.25, 0.3) is 0 Å². The first-order valence-electron chi connectivity index (χ1n) is 10.2. The molecule has 0 bridgehead atoms. The normalized spacial score (nSPS) is 44.8. The summed E-state index contributed by atoms with van der Waals surface area (Å²) in [5.74, 6) is 2.13. The Morgan fingerprint density at radius 2 is 2.00 bits per heavy atom. The van der Waals surface area contributed by atoms with Crippen LogP contribution in [0.1, 0.15) is 58.8 Å². The monoisotopic (exact) mass is 360 g/mol. The third kappa shape index (κ3) is 2.58. The molecule has 0 heterocycles. The molecule has 4 rings (SSSR count). The minimum Gasteiger partial charge on any atom is -0.328 e. The summed E-state index contributed by atoms with van der Waals surface area (Å²) in [7, 11) is 0. The molecule has 5 nitrogen and oxygen atoms in total. The number of fused-ring (bicyclic) bond motifs is 5. The molecule has 0 radical (unpaired) electrons. The molecule has 6 atom stereocenters. The molecule has 0 aromatic heterocycles. The third-order valence-electron chi connectivity index (χ3n) is 8.21. The molecule has 0 saturated heterocycles. The Morgan fingerprint density at radius 1 is 1.19 bits per heavy atom. The largest absolute Gasteiger partial charge is 0.328 e. The molecule has 0 amide bonds. The maximum Gasteiger partial charge on any atom is 0.140 e. The maximum absolute atomic E-state index is 13.1. The molecule has 0 aromatic rings. The van der Waals surface area contributed by atoms with Crippen LogP contribution in [0.5, 0.6) is 0 Å². The van der Waals surface area contributed by atoms with Crippen molar-refractivity contribution in [1.29, 1.82) is 0 Å². The number of hydroxylamine groups is 1. The molecule has 0 spiro atoms. The number of ketones is 2. The Balaban J connectivity index is 1.58. The number of Topliss-reactive ketones (excluding diaryl/α,β-unsaturated/α-hetero) is 2. The summed E-state index contributed by atoms with van der Waals surface area (Å²) in [6.07, 6.45) is 8.47. The van der Waals surface area contributed by atoms with Gasteiger partial charge in [-0.05, 0) is 55.3 Å². The zero-order valence-electron chi connectivity index (χ0n) is 16.1. The highest BCUT2D eigenvalue weighted by atomic mass is 16.6. The van der Waals surface area contributed by atoms with Crippen molar-refractivity contribution in [3.05, 3.63) is 11.8 Å². The summed E-state index contributed by atoms with van der Waals surface area (Å²) >= 11 is 0. The quantitative estimate of drug-likeness (QED) is 0.595. The molecule has 0 aromatic carbocycles. The zero-order chi connectivity index (χ0) is 18.5. The van der Waals surface area contributed by atoms with Crippen molar-refractivity contribution in [1.82, 2.24) is 5.48 Å². The Kier molecular flexibility index (Phi) is 4.51. The Labute approximate surface area is 156 Å². The van der Waals surface area contributed by atoms with Crippen LogP contribution in [-0.2, 0) is 14.4 Å². The van der Waals surface area contributed by atoms with Crippen molar-refractivity contribution in [3.63, 3.8) is 0 Å². The molecule has 4 aliphatic rings. The van der Waals surface area contributed by atoms with Crippen molar-refractivity contribution in [2.45, 2.75) is 58.8 Å². The maximum atomic E-state index is 13.1. The van der Waals surface area contributed by atoms with E-state index < -0.39 is 0 Å². The lowest BCUT2D eigenvalue weighted by molar-refractivity contribution is -0.149. The van der Waals surface area contributed by atoms with Crippen molar-refractivity contribution >= 4 is 11.6 Å². The summed E-state index contributed by atoms with van der Waals surface area (Å²) < 4.78 is 0. The highest BCUT2D eigenvalue weighted by Gasteiger charge is 2.61. The molecule has 1 unspecified atom stereocenters. The van der Waals surface area contributed by atoms with Gasteiger partial charge in [0.25, 0.3) is 0 Å². The Hall–Kier alpha value is -1.20. The van der Waals surface area contributed by atoms with Gasteiger partial charge in [0.05, 0.1) is 6.61 Å². The fourth-order valence-electron chi connectivity index (χ4n) is 6.72. The van der Waals surface area contributed by atoms with Crippen LogP contribution in [0, 0.1) is 34.5 Å². The lowest BCUT2D eigenvalue weighted by atomic mass is 9.46. The van der Waals surface area contributed by atoms with Crippen molar-refractivity contribution < 1.29 is 14.4 Å². The summed E-state index contributed by atoms with van der Waals surface area (Å²) in [4.78, 5) is 31.0. The minimum absolute atomic E-state index is 0.0199. The van der Waals surface area contributed by atoms with Crippen molar-refractivity contribution in [3.8, 4) is 0 Å². The van der Waals surface area contributed by atoms with E-state index in [0.717, 1.165) is 37.8 Å². The van der Waals surface area contributed by atoms with Crippen LogP contribution in [0.3, 0.4) is 0 Å². The van der Waals surface area contributed by atoms with E-state index in [-0.39, 0.29) is 16.7 Å². The molecule has 3 saturated carbocycles. The van der Waals surface area contributed by atoms with E-state index >= 15 is 0 Å². The number of carbonyl (C=O) groups is 2. The second kappa shape index (κ2) is 6.45. The fourth-order valence-corrected chi connectivity index (χ4v) is 6.72. The standard InChI is InChI=1S/C21H32N2O3/c1-20-7-5-13(23-26-10-9-22)11-17(20)18(24)12-14-15-3-4-19(25)21(15,2)8-6-16(14)20/h11,14-17,23H,3-10,12,22H2,1-2H3/t14-,15-,16-,17?,20+,21-/m0/s1. The third-order valence-corrected chi connectivity index (χ3v) is 8.21.